The molecule has 0 fully saturated rings. The summed E-state index contributed by atoms with van der Waals surface area (Å²) in [6.45, 7) is 4.93. The van der Waals surface area contributed by atoms with Crippen molar-refractivity contribution in [2.24, 2.45) is 0 Å². The highest BCUT2D eigenvalue weighted by Gasteiger charge is 2.46. The summed E-state index contributed by atoms with van der Waals surface area (Å²) in [5.74, 6) is -0.0854. The first kappa shape index (κ1) is 19.6. The van der Waals surface area contributed by atoms with Crippen LogP contribution in [0.15, 0.2) is 72.8 Å². The number of benzene rings is 3. The van der Waals surface area contributed by atoms with E-state index in [-0.39, 0.29) is 17.9 Å². The topological polar surface area (TPSA) is 49.4 Å². The molecule has 2 unspecified atom stereocenters. The minimum absolute atomic E-state index is 0.0143. The van der Waals surface area contributed by atoms with Crippen LogP contribution in [0.4, 0.5) is 5.69 Å². The van der Waals surface area contributed by atoms with Crippen molar-refractivity contribution in [1.82, 2.24) is 4.90 Å². The van der Waals surface area contributed by atoms with E-state index in [1.54, 1.807) is 0 Å². The fourth-order valence-corrected chi connectivity index (χ4v) is 4.93. The lowest BCUT2D eigenvalue weighted by Crippen LogP contribution is -2.49. The van der Waals surface area contributed by atoms with E-state index in [0.717, 1.165) is 23.2 Å². The van der Waals surface area contributed by atoms with Gasteiger partial charge in [-0.3, -0.25) is 9.59 Å². The molecule has 2 aliphatic rings. The summed E-state index contributed by atoms with van der Waals surface area (Å²) in [5.41, 5.74) is 5.75. The SMILES string of the molecule is CC(C)c1ccc(NC(=O)C2c3ccccc3C(=O)N3CCc4ccccc4C23)cc1. The van der Waals surface area contributed by atoms with E-state index in [1.807, 2.05) is 53.4 Å². The van der Waals surface area contributed by atoms with Gasteiger partial charge in [0.25, 0.3) is 5.91 Å². The van der Waals surface area contributed by atoms with Crippen LogP contribution in [0.25, 0.3) is 0 Å². The average molecular weight is 411 g/mol. The zero-order valence-electron chi connectivity index (χ0n) is 17.8. The van der Waals surface area contributed by atoms with Crippen molar-refractivity contribution in [1.29, 1.82) is 0 Å². The van der Waals surface area contributed by atoms with E-state index in [1.165, 1.54) is 11.1 Å². The van der Waals surface area contributed by atoms with Crippen molar-refractivity contribution in [2.45, 2.75) is 38.1 Å². The lowest BCUT2D eigenvalue weighted by atomic mass is 9.76. The molecule has 5 rings (SSSR count). The number of rotatable bonds is 3. The molecule has 2 aliphatic heterocycles. The number of nitrogens with one attached hydrogen (secondary N) is 1. The molecule has 0 aromatic heterocycles. The van der Waals surface area contributed by atoms with E-state index in [9.17, 15) is 9.59 Å². The Morgan fingerprint density at radius 1 is 0.935 bits per heavy atom. The van der Waals surface area contributed by atoms with Crippen LogP contribution in [0.3, 0.4) is 0 Å². The molecule has 0 aliphatic carbocycles. The minimum atomic E-state index is -0.458. The summed E-state index contributed by atoms with van der Waals surface area (Å²) in [7, 11) is 0. The normalized spacial score (nSPS) is 19.5. The van der Waals surface area contributed by atoms with Crippen LogP contribution in [0, 0.1) is 0 Å². The summed E-state index contributed by atoms with van der Waals surface area (Å²) >= 11 is 0. The van der Waals surface area contributed by atoms with Crippen LogP contribution < -0.4 is 5.32 Å². The fraction of sp³-hybridized carbons (Fsp3) is 0.259. The van der Waals surface area contributed by atoms with E-state index >= 15 is 0 Å². The lowest BCUT2D eigenvalue weighted by molar-refractivity contribution is -0.119. The number of carbonyl (C=O) groups excluding carboxylic acids is 2. The molecule has 0 saturated heterocycles. The number of amides is 2. The fourth-order valence-electron chi connectivity index (χ4n) is 4.93. The van der Waals surface area contributed by atoms with Gasteiger partial charge in [-0.1, -0.05) is 68.4 Å². The van der Waals surface area contributed by atoms with Crippen molar-refractivity contribution >= 4 is 17.5 Å². The van der Waals surface area contributed by atoms with Crippen LogP contribution in [0.1, 0.15) is 64.3 Å². The molecule has 3 aromatic carbocycles. The highest BCUT2D eigenvalue weighted by atomic mass is 16.2. The molecule has 1 N–H and O–H groups in total. The van der Waals surface area contributed by atoms with Crippen molar-refractivity contribution in [2.75, 3.05) is 11.9 Å². The van der Waals surface area contributed by atoms with Crippen LogP contribution in [0.5, 0.6) is 0 Å². The quantitative estimate of drug-likeness (QED) is 0.638. The Morgan fingerprint density at radius 3 is 2.35 bits per heavy atom. The summed E-state index contributed by atoms with van der Waals surface area (Å²) in [6, 6.07) is 23.5. The maximum atomic E-state index is 13.7. The number of fused-ring (bicyclic) bond motifs is 4. The molecule has 2 heterocycles. The largest absolute Gasteiger partial charge is 0.330 e. The Morgan fingerprint density at radius 2 is 1.61 bits per heavy atom. The zero-order valence-corrected chi connectivity index (χ0v) is 17.8. The average Bonchev–Trinajstić information content (AvgIpc) is 2.79. The van der Waals surface area contributed by atoms with Crippen molar-refractivity contribution in [3.05, 3.63) is 101 Å². The predicted molar refractivity (Wildman–Crippen MR) is 122 cm³/mol. The van der Waals surface area contributed by atoms with Gasteiger partial charge in [0.1, 0.15) is 0 Å². The second-order valence-electron chi connectivity index (χ2n) is 8.72. The summed E-state index contributed by atoms with van der Waals surface area (Å²) < 4.78 is 0. The maximum Gasteiger partial charge on any atom is 0.254 e. The van der Waals surface area contributed by atoms with Crippen LogP contribution in [-0.4, -0.2) is 23.3 Å². The smallest absolute Gasteiger partial charge is 0.254 e. The van der Waals surface area contributed by atoms with Gasteiger partial charge >= 0.3 is 0 Å². The van der Waals surface area contributed by atoms with Crippen LogP contribution >= 0.6 is 0 Å². The van der Waals surface area contributed by atoms with E-state index in [0.29, 0.717) is 18.0 Å². The second kappa shape index (κ2) is 7.69. The Bertz CT molecular complexity index is 1150. The molecule has 4 nitrogen and oxygen atoms in total. The number of hydrogen-bond donors (Lipinski definition) is 1. The van der Waals surface area contributed by atoms with Gasteiger partial charge in [0, 0.05) is 17.8 Å². The van der Waals surface area contributed by atoms with Crippen molar-refractivity contribution in [3.63, 3.8) is 0 Å². The highest BCUT2D eigenvalue weighted by molar-refractivity contribution is 6.04. The van der Waals surface area contributed by atoms with Crippen LogP contribution in [0.2, 0.25) is 0 Å². The Hall–Kier alpha value is -3.40. The molecule has 0 saturated carbocycles. The molecule has 0 spiro atoms. The summed E-state index contributed by atoms with van der Waals surface area (Å²) in [6.07, 6.45) is 0.811. The Kier molecular flexibility index (Phi) is 4.85. The van der Waals surface area contributed by atoms with Crippen molar-refractivity contribution in [3.8, 4) is 0 Å². The third-order valence-electron chi connectivity index (χ3n) is 6.56. The standard InChI is InChI=1S/C27H26N2O2/c1-17(2)18-11-13-20(14-12-18)28-26(30)24-22-9-5-6-10-23(22)27(31)29-16-15-19-7-3-4-8-21(19)25(24)29/h3-14,17,24-25H,15-16H2,1-2H3,(H,28,30). The zero-order chi connectivity index (χ0) is 21.5. The lowest BCUT2D eigenvalue weighted by Gasteiger charge is -2.45. The Labute approximate surface area is 182 Å². The number of anilines is 1. The molecule has 31 heavy (non-hydrogen) atoms. The molecule has 0 radical (unpaired) electrons. The van der Waals surface area contributed by atoms with Gasteiger partial charge in [-0.05, 0) is 52.8 Å². The van der Waals surface area contributed by atoms with Gasteiger partial charge in [0.15, 0.2) is 0 Å². The molecular formula is C27H26N2O2. The third-order valence-corrected chi connectivity index (χ3v) is 6.56. The molecule has 156 valence electrons. The van der Waals surface area contributed by atoms with E-state index in [4.69, 9.17) is 0 Å². The van der Waals surface area contributed by atoms with Gasteiger partial charge < -0.3 is 10.2 Å². The van der Waals surface area contributed by atoms with Gasteiger partial charge in [0.05, 0.1) is 12.0 Å². The van der Waals surface area contributed by atoms with Gasteiger partial charge in [-0.2, -0.15) is 0 Å². The van der Waals surface area contributed by atoms with Gasteiger partial charge in [-0.15, -0.1) is 0 Å². The monoisotopic (exact) mass is 410 g/mol. The Balaban J connectivity index is 1.57. The summed E-state index contributed by atoms with van der Waals surface area (Å²) in [4.78, 5) is 28.8. The second-order valence-corrected chi connectivity index (χ2v) is 8.72. The molecule has 3 aromatic rings. The third kappa shape index (κ3) is 3.32. The highest BCUT2D eigenvalue weighted by Crippen LogP contribution is 2.46. The van der Waals surface area contributed by atoms with Gasteiger partial charge in [-0.25, -0.2) is 0 Å². The molecule has 4 heteroatoms. The summed E-state index contributed by atoms with van der Waals surface area (Å²) in [5, 5.41) is 3.12. The number of carbonyl (C=O) groups is 2. The maximum absolute atomic E-state index is 13.7. The van der Waals surface area contributed by atoms with Crippen LogP contribution in [-0.2, 0) is 11.2 Å². The molecule has 0 bridgehead atoms. The van der Waals surface area contributed by atoms with E-state index in [2.05, 4.69) is 43.4 Å². The first-order chi connectivity index (χ1) is 15.0. The number of hydrogen-bond acceptors (Lipinski definition) is 2. The predicted octanol–water partition coefficient (Wildman–Crippen LogP) is 5.29. The van der Waals surface area contributed by atoms with E-state index < -0.39 is 5.92 Å². The molecular weight excluding hydrogens is 384 g/mol. The molecule has 2 amide bonds. The van der Waals surface area contributed by atoms with Crippen molar-refractivity contribution < 1.29 is 9.59 Å². The molecule has 2 atom stereocenters. The van der Waals surface area contributed by atoms with Gasteiger partial charge in [0.2, 0.25) is 5.91 Å². The number of nitrogens with zero attached hydrogens (tertiary/aromatic N) is 1. The first-order valence-electron chi connectivity index (χ1n) is 10.9. The minimum Gasteiger partial charge on any atom is -0.330 e. The first-order valence-corrected chi connectivity index (χ1v) is 10.9.